The van der Waals surface area contributed by atoms with Crippen LogP contribution in [-0.4, -0.2) is 6.54 Å². The second kappa shape index (κ2) is 6.08. The Labute approximate surface area is 91.9 Å². The molecule has 0 aliphatic rings. The molecule has 1 aromatic rings. The van der Waals surface area contributed by atoms with E-state index >= 15 is 0 Å². The number of azide groups is 1. The summed E-state index contributed by atoms with van der Waals surface area (Å²) in [6, 6.07) is 5.88. The Morgan fingerprint density at radius 2 is 2.31 bits per heavy atom. The molecule has 0 unspecified atom stereocenters. The highest BCUT2D eigenvalue weighted by Crippen LogP contribution is 2.08. The van der Waals surface area contributed by atoms with Crippen LogP contribution in [0.3, 0.4) is 0 Å². The van der Waals surface area contributed by atoms with Crippen molar-refractivity contribution in [3.63, 3.8) is 0 Å². The van der Waals surface area contributed by atoms with Gasteiger partial charge >= 0.3 is 0 Å². The third-order valence-corrected chi connectivity index (χ3v) is 1.72. The van der Waals surface area contributed by atoms with Crippen LogP contribution in [0.5, 0.6) is 0 Å². The van der Waals surface area contributed by atoms with E-state index in [1.807, 2.05) is 6.07 Å². The molecule has 78 valence electrons. The van der Waals surface area contributed by atoms with Gasteiger partial charge in [-0.3, -0.25) is 0 Å². The van der Waals surface area contributed by atoms with Gasteiger partial charge in [0, 0.05) is 17.9 Å². The molecule has 5 heteroatoms. The number of hydrogen-bond acceptors (Lipinski definition) is 2. The van der Waals surface area contributed by atoms with Crippen molar-refractivity contribution in [1.82, 2.24) is 0 Å². The third kappa shape index (κ3) is 3.34. The van der Waals surface area contributed by atoms with Gasteiger partial charge in [-0.2, -0.15) is 5.26 Å². The Kier molecular flexibility index (Phi) is 4.40. The highest BCUT2D eigenvalue weighted by atomic mass is 19.1. The Morgan fingerprint density at radius 1 is 1.50 bits per heavy atom. The summed E-state index contributed by atoms with van der Waals surface area (Å²) in [4.78, 5) is 2.57. The Morgan fingerprint density at radius 3 is 3.00 bits per heavy atom. The van der Waals surface area contributed by atoms with Gasteiger partial charge in [-0.1, -0.05) is 17.0 Å². The first kappa shape index (κ1) is 11.6. The van der Waals surface area contributed by atoms with Crippen molar-refractivity contribution in [2.75, 3.05) is 6.54 Å². The maximum absolute atomic E-state index is 13.2. The van der Waals surface area contributed by atoms with Crippen LogP contribution in [0.1, 0.15) is 17.5 Å². The lowest BCUT2D eigenvalue weighted by molar-refractivity contribution is 0.624. The van der Waals surface area contributed by atoms with Gasteiger partial charge in [-0.05, 0) is 23.7 Å². The smallest absolute Gasteiger partial charge is 0.138 e. The monoisotopic (exact) mass is 214 g/mol. The van der Waals surface area contributed by atoms with Crippen LogP contribution in [0.25, 0.3) is 10.4 Å². The Bertz CT molecular complexity index is 527. The second-order valence-corrected chi connectivity index (χ2v) is 2.81. The lowest BCUT2D eigenvalue weighted by Gasteiger charge is -1.94. The summed E-state index contributed by atoms with van der Waals surface area (Å²) < 4.78 is 13.2. The molecular formula is C11H7FN4. The molecule has 0 saturated heterocycles. The van der Waals surface area contributed by atoms with E-state index in [1.165, 1.54) is 18.2 Å². The molecular weight excluding hydrogens is 207 g/mol. The Balaban J connectivity index is 2.80. The molecule has 0 atom stereocenters. The maximum Gasteiger partial charge on any atom is 0.138 e. The van der Waals surface area contributed by atoms with Crippen molar-refractivity contribution in [2.24, 2.45) is 5.11 Å². The molecule has 1 rings (SSSR count). The summed E-state index contributed by atoms with van der Waals surface area (Å²) >= 11 is 0. The fraction of sp³-hybridized carbons (Fsp3) is 0.182. The fourth-order valence-electron chi connectivity index (χ4n) is 0.999. The van der Waals surface area contributed by atoms with E-state index in [1.54, 1.807) is 0 Å². The first-order valence-corrected chi connectivity index (χ1v) is 4.47. The number of nitrogens with zero attached hydrogens (tertiary/aromatic N) is 4. The highest BCUT2D eigenvalue weighted by molar-refractivity contribution is 5.42. The zero-order valence-corrected chi connectivity index (χ0v) is 8.31. The molecule has 0 amide bonds. The zero-order valence-electron chi connectivity index (χ0n) is 8.31. The third-order valence-electron chi connectivity index (χ3n) is 1.72. The lowest BCUT2D eigenvalue weighted by Crippen LogP contribution is -1.85. The van der Waals surface area contributed by atoms with Gasteiger partial charge in [0.15, 0.2) is 0 Å². The molecule has 0 fully saturated rings. The average Bonchev–Trinajstić information content (AvgIpc) is 2.31. The molecule has 0 aliphatic heterocycles. The van der Waals surface area contributed by atoms with Crippen LogP contribution >= 0.6 is 0 Å². The predicted octanol–water partition coefficient (Wildman–Crippen LogP) is 2.75. The molecule has 0 aromatic heterocycles. The van der Waals surface area contributed by atoms with E-state index in [4.69, 9.17) is 10.8 Å². The minimum atomic E-state index is -0.463. The van der Waals surface area contributed by atoms with Crippen LogP contribution in [0.4, 0.5) is 4.39 Å². The largest absolute Gasteiger partial charge is 0.206 e. The number of benzene rings is 1. The van der Waals surface area contributed by atoms with E-state index in [-0.39, 0.29) is 12.1 Å². The van der Waals surface area contributed by atoms with Crippen molar-refractivity contribution in [3.8, 4) is 17.9 Å². The van der Waals surface area contributed by atoms with Gasteiger partial charge in [0.1, 0.15) is 5.82 Å². The molecule has 0 N–H and O–H groups in total. The van der Waals surface area contributed by atoms with Crippen molar-refractivity contribution >= 4 is 0 Å². The molecule has 0 spiro atoms. The second-order valence-electron chi connectivity index (χ2n) is 2.81. The van der Waals surface area contributed by atoms with Crippen molar-refractivity contribution < 1.29 is 4.39 Å². The van der Waals surface area contributed by atoms with Crippen LogP contribution in [0, 0.1) is 29.0 Å². The summed E-state index contributed by atoms with van der Waals surface area (Å²) in [6.45, 7) is 0.253. The molecule has 4 nitrogen and oxygen atoms in total. The molecule has 0 radical (unpaired) electrons. The normalized spacial score (nSPS) is 8.25. The number of hydrogen-bond donors (Lipinski definition) is 0. The van der Waals surface area contributed by atoms with Gasteiger partial charge < -0.3 is 0 Å². The summed E-state index contributed by atoms with van der Waals surface area (Å²) in [6.07, 6.45) is 0.361. The van der Waals surface area contributed by atoms with Crippen molar-refractivity contribution in [2.45, 2.75) is 6.42 Å². The summed E-state index contributed by atoms with van der Waals surface area (Å²) in [5, 5.41) is 11.9. The zero-order chi connectivity index (χ0) is 11.8. The number of rotatable bonds is 2. The average molecular weight is 214 g/mol. The van der Waals surface area contributed by atoms with Gasteiger partial charge in [-0.15, -0.1) is 0 Å². The minimum absolute atomic E-state index is 0.181. The fourth-order valence-corrected chi connectivity index (χ4v) is 0.999. The minimum Gasteiger partial charge on any atom is -0.206 e. The summed E-state index contributed by atoms with van der Waals surface area (Å²) in [5.41, 5.74) is 8.55. The standard InChI is InChI=1S/C11H7FN4/c12-11-5-4-9(8-13)7-10(11)3-1-2-6-15-16-14/h4-5,7H,2,6H2. The highest BCUT2D eigenvalue weighted by Gasteiger charge is 1.99. The summed E-state index contributed by atoms with van der Waals surface area (Å²) in [7, 11) is 0. The molecule has 0 saturated carbocycles. The maximum atomic E-state index is 13.2. The topological polar surface area (TPSA) is 72.5 Å². The van der Waals surface area contributed by atoms with Gasteiger partial charge in [0.25, 0.3) is 0 Å². The quantitative estimate of drug-likeness (QED) is 0.245. The number of nitriles is 1. The van der Waals surface area contributed by atoms with Crippen LogP contribution in [0.2, 0.25) is 0 Å². The van der Waals surface area contributed by atoms with E-state index in [0.29, 0.717) is 12.0 Å². The molecule has 1 aromatic carbocycles. The van der Waals surface area contributed by atoms with Crippen LogP contribution in [0.15, 0.2) is 23.3 Å². The van der Waals surface area contributed by atoms with Crippen molar-refractivity contribution in [3.05, 3.63) is 45.6 Å². The van der Waals surface area contributed by atoms with E-state index in [0.717, 1.165) is 0 Å². The lowest BCUT2D eigenvalue weighted by atomic mass is 10.1. The first-order valence-electron chi connectivity index (χ1n) is 4.47. The van der Waals surface area contributed by atoms with Crippen LogP contribution < -0.4 is 0 Å². The van der Waals surface area contributed by atoms with E-state index < -0.39 is 5.82 Å². The van der Waals surface area contributed by atoms with E-state index in [9.17, 15) is 4.39 Å². The van der Waals surface area contributed by atoms with Gasteiger partial charge in [0.05, 0.1) is 17.2 Å². The van der Waals surface area contributed by atoms with Crippen LogP contribution in [-0.2, 0) is 0 Å². The molecule has 16 heavy (non-hydrogen) atoms. The summed E-state index contributed by atoms with van der Waals surface area (Å²) in [5.74, 6) is 4.79. The Hall–Kier alpha value is -2.49. The first-order chi connectivity index (χ1) is 7.77. The SMILES string of the molecule is N#Cc1ccc(F)c(C#CCCN=[N+]=[N-])c1. The number of halogens is 1. The van der Waals surface area contributed by atoms with E-state index in [2.05, 4.69) is 21.9 Å². The van der Waals surface area contributed by atoms with Gasteiger partial charge in [0.2, 0.25) is 0 Å². The molecule has 0 aliphatic carbocycles. The predicted molar refractivity (Wildman–Crippen MR) is 56.6 cm³/mol. The van der Waals surface area contributed by atoms with Crippen molar-refractivity contribution in [1.29, 1.82) is 5.26 Å². The van der Waals surface area contributed by atoms with Gasteiger partial charge in [-0.25, -0.2) is 4.39 Å². The molecule has 0 bridgehead atoms. The molecule has 0 heterocycles.